The summed E-state index contributed by atoms with van der Waals surface area (Å²) in [6.07, 6.45) is -4.29. The number of carbonyl (C=O) groups is 2. The van der Waals surface area contributed by atoms with Crippen molar-refractivity contribution in [3.8, 4) is 0 Å². The average molecular weight is 310 g/mol. The molecule has 0 saturated carbocycles. The molecule has 0 bridgehead atoms. The summed E-state index contributed by atoms with van der Waals surface area (Å²) in [5.74, 6) is -3.45. The predicted molar refractivity (Wildman–Crippen MR) is 69.3 cm³/mol. The fourth-order valence-corrected chi connectivity index (χ4v) is 1.36. The lowest BCUT2D eigenvalue weighted by Gasteiger charge is -2.15. The first kappa shape index (κ1) is 18.7. The number of carbonyl (C=O) groups excluding carboxylic acids is 1. The summed E-state index contributed by atoms with van der Waals surface area (Å²) in [5.41, 5.74) is 9.99. The lowest BCUT2D eigenvalue weighted by Crippen LogP contribution is -2.36. The zero-order valence-electron chi connectivity index (χ0n) is 11.3. The average Bonchev–Trinajstić information content (AvgIpc) is 2.31. The van der Waals surface area contributed by atoms with Crippen molar-refractivity contribution in [3.63, 3.8) is 0 Å². The van der Waals surface area contributed by atoms with Crippen molar-refractivity contribution in [2.24, 2.45) is 16.5 Å². The van der Waals surface area contributed by atoms with Crippen LogP contribution < -0.4 is 16.8 Å². The fraction of sp³-hybridized carbons (Fsp3) is 0.545. The Morgan fingerprint density at radius 3 is 2.38 bits per heavy atom. The van der Waals surface area contributed by atoms with E-state index in [1.165, 1.54) is 6.92 Å². The molecule has 0 amide bonds. The van der Waals surface area contributed by atoms with Crippen molar-refractivity contribution in [1.29, 1.82) is 0 Å². The number of guanidine groups is 1. The van der Waals surface area contributed by atoms with Crippen molar-refractivity contribution in [2.45, 2.75) is 32.0 Å². The van der Waals surface area contributed by atoms with Gasteiger partial charge in [-0.15, -0.1) is 0 Å². The lowest BCUT2D eigenvalue weighted by molar-refractivity contribution is -0.165. The van der Waals surface area contributed by atoms with E-state index in [4.69, 9.17) is 16.6 Å². The van der Waals surface area contributed by atoms with E-state index < -0.39 is 24.0 Å². The Balaban J connectivity index is 4.57. The van der Waals surface area contributed by atoms with Gasteiger partial charge in [0.05, 0.1) is 0 Å². The highest BCUT2D eigenvalue weighted by Gasteiger charge is 2.36. The van der Waals surface area contributed by atoms with Gasteiger partial charge < -0.3 is 21.9 Å². The molecule has 6 N–H and O–H groups in total. The molecule has 120 valence electrons. The Morgan fingerprint density at radius 1 is 1.38 bits per heavy atom. The smallest absolute Gasteiger partial charge is 0.454 e. The van der Waals surface area contributed by atoms with Crippen molar-refractivity contribution < 1.29 is 27.9 Å². The Labute approximate surface area is 118 Å². The van der Waals surface area contributed by atoms with E-state index in [0.29, 0.717) is 12.5 Å². The summed E-state index contributed by atoms with van der Waals surface area (Å²) in [4.78, 5) is 25.3. The summed E-state index contributed by atoms with van der Waals surface area (Å²) in [6, 6.07) is -1.14. The number of nitrogens with two attached hydrogens (primary N) is 2. The first-order chi connectivity index (χ1) is 9.54. The highest BCUT2D eigenvalue weighted by molar-refractivity contribution is 5.94. The number of aliphatic imine (C=N–C) groups is 1. The van der Waals surface area contributed by atoms with Gasteiger partial charge >= 0.3 is 12.1 Å². The summed E-state index contributed by atoms with van der Waals surface area (Å²) in [7, 11) is 0. The number of hydrogen-bond acceptors (Lipinski definition) is 4. The number of nitrogens with one attached hydrogen (secondary N) is 1. The molecule has 0 aromatic carbocycles. The maximum atomic E-state index is 12.1. The third kappa shape index (κ3) is 8.50. The van der Waals surface area contributed by atoms with E-state index in [0.717, 1.165) is 0 Å². The predicted octanol–water partition coefficient (Wildman–Crippen LogP) is 0.118. The Bertz CT molecular complexity index is 442. The van der Waals surface area contributed by atoms with Gasteiger partial charge in [-0.2, -0.15) is 13.2 Å². The maximum absolute atomic E-state index is 12.1. The van der Waals surface area contributed by atoms with Gasteiger partial charge in [-0.05, 0) is 19.8 Å². The van der Waals surface area contributed by atoms with E-state index >= 15 is 0 Å². The zero-order valence-corrected chi connectivity index (χ0v) is 11.3. The number of carboxylic acids is 1. The summed E-state index contributed by atoms with van der Waals surface area (Å²) >= 11 is 0. The highest BCUT2D eigenvalue weighted by atomic mass is 19.4. The third-order valence-corrected chi connectivity index (χ3v) is 2.27. The monoisotopic (exact) mass is 310 g/mol. The Morgan fingerprint density at radius 2 is 1.95 bits per heavy atom. The molecule has 0 radical (unpaired) electrons. The van der Waals surface area contributed by atoms with Crippen LogP contribution in [0.2, 0.25) is 0 Å². The van der Waals surface area contributed by atoms with E-state index in [1.807, 2.05) is 0 Å². The van der Waals surface area contributed by atoms with Crippen molar-refractivity contribution in [2.75, 3.05) is 6.54 Å². The largest absolute Gasteiger partial charge is 0.480 e. The lowest BCUT2D eigenvalue weighted by atomic mass is 10.1. The number of carboxylic acid groups (broad SMARTS) is 1. The van der Waals surface area contributed by atoms with Crippen molar-refractivity contribution >= 4 is 17.7 Å². The summed E-state index contributed by atoms with van der Waals surface area (Å²) in [5, 5.41) is 11.3. The number of allylic oxidation sites excluding steroid dienone is 2. The quantitative estimate of drug-likeness (QED) is 0.218. The summed E-state index contributed by atoms with van der Waals surface area (Å²) in [6.45, 7) is 1.37. The first-order valence-corrected chi connectivity index (χ1v) is 5.88. The second kappa shape index (κ2) is 8.12. The van der Waals surface area contributed by atoms with Crippen molar-refractivity contribution in [1.82, 2.24) is 5.32 Å². The van der Waals surface area contributed by atoms with Crippen LogP contribution in [0.3, 0.4) is 0 Å². The normalized spacial score (nSPS) is 13.4. The van der Waals surface area contributed by atoms with Crippen LogP contribution in [0.4, 0.5) is 13.2 Å². The van der Waals surface area contributed by atoms with E-state index in [2.05, 4.69) is 10.3 Å². The van der Waals surface area contributed by atoms with Gasteiger partial charge in [-0.3, -0.25) is 9.79 Å². The number of nitrogens with zero attached hydrogens (tertiary/aromatic N) is 1. The molecule has 0 aromatic heterocycles. The van der Waals surface area contributed by atoms with Crippen LogP contribution in [0.5, 0.6) is 0 Å². The second-order valence-corrected chi connectivity index (χ2v) is 4.17. The van der Waals surface area contributed by atoms with Crippen LogP contribution in [-0.4, -0.2) is 41.6 Å². The number of aliphatic carboxylic acids is 1. The Kier molecular flexibility index (Phi) is 7.25. The van der Waals surface area contributed by atoms with Crippen molar-refractivity contribution in [3.05, 3.63) is 11.8 Å². The first-order valence-electron chi connectivity index (χ1n) is 5.88. The fourth-order valence-electron chi connectivity index (χ4n) is 1.36. The number of ketones is 1. The molecule has 0 aliphatic heterocycles. The van der Waals surface area contributed by atoms with Gasteiger partial charge in [-0.25, -0.2) is 4.79 Å². The molecule has 10 heteroatoms. The molecule has 0 spiro atoms. The van der Waals surface area contributed by atoms with Crippen LogP contribution in [-0.2, 0) is 9.59 Å². The van der Waals surface area contributed by atoms with E-state index in [1.54, 1.807) is 0 Å². The van der Waals surface area contributed by atoms with Crippen LogP contribution >= 0.6 is 0 Å². The highest BCUT2D eigenvalue weighted by Crippen LogP contribution is 2.17. The molecule has 0 aliphatic rings. The van der Waals surface area contributed by atoms with Crippen LogP contribution in [0.25, 0.3) is 0 Å². The van der Waals surface area contributed by atoms with Gasteiger partial charge in [0, 0.05) is 18.3 Å². The van der Waals surface area contributed by atoms with Gasteiger partial charge in [0.15, 0.2) is 5.96 Å². The van der Waals surface area contributed by atoms with Gasteiger partial charge in [0.25, 0.3) is 5.78 Å². The van der Waals surface area contributed by atoms with Gasteiger partial charge in [0.1, 0.15) is 6.04 Å². The molecular weight excluding hydrogens is 293 g/mol. The molecule has 1 unspecified atom stereocenters. The van der Waals surface area contributed by atoms with E-state index in [9.17, 15) is 22.8 Å². The molecule has 21 heavy (non-hydrogen) atoms. The molecule has 0 rings (SSSR count). The number of hydrogen-bond donors (Lipinski definition) is 4. The molecule has 0 heterocycles. The maximum Gasteiger partial charge on any atom is 0.454 e. The molecule has 0 saturated heterocycles. The standard InChI is InChI=1S/C11H17F3N4O3/c1-6(5-8(19)11(12,13)14)18-7(9(20)21)3-2-4-17-10(15)16/h5,7,18H,2-4H2,1H3,(H,20,21)(H4,15,16,17)/b6-5-. The van der Waals surface area contributed by atoms with Crippen LogP contribution in [0.15, 0.2) is 16.8 Å². The molecule has 0 fully saturated rings. The molecule has 0 aromatic rings. The molecular formula is C11H17F3N4O3. The van der Waals surface area contributed by atoms with E-state index in [-0.39, 0.29) is 24.6 Å². The van der Waals surface area contributed by atoms with Crippen LogP contribution in [0, 0.1) is 0 Å². The number of halogens is 3. The Hall–Kier alpha value is -2.26. The zero-order chi connectivity index (χ0) is 16.6. The minimum atomic E-state index is -4.99. The molecule has 7 nitrogen and oxygen atoms in total. The SMILES string of the molecule is C/C(=C/C(=O)C(F)(F)F)NC(CCCN=C(N)N)C(=O)O. The molecule has 0 aliphatic carbocycles. The van der Waals surface area contributed by atoms with Gasteiger partial charge in [-0.1, -0.05) is 0 Å². The third-order valence-electron chi connectivity index (χ3n) is 2.27. The van der Waals surface area contributed by atoms with Gasteiger partial charge in [0.2, 0.25) is 0 Å². The summed E-state index contributed by atoms with van der Waals surface area (Å²) < 4.78 is 36.2. The number of rotatable bonds is 8. The van der Waals surface area contributed by atoms with Crippen LogP contribution in [0.1, 0.15) is 19.8 Å². The second-order valence-electron chi connectivity index (χ2n) is 4.17. The molecule has 1 atom stereocenters. The topological polar surface area (TPSA) is 131 Å². The number of alkyl halides is 3. The minimum absolute atomic E-state index is 0.0809. The minimum Gasteiger partial charge on any atom is -0.480 e.